The number of aromatic nitrogens is 1. The third-order valence-corrected chi connectivity index (χ3v) is 7.45. The van der Waals surface area contributed by atoms with Gasteiger partial charge in [0.15, 0.2) is 5.13 Å². The first-order valence-electron chi connectivity index (χ1n) is 10.4. The van der Waals surface area contributed by atoms with E-state index in [0.717, 1.165) is 11.3 Å². The number of rotatable bonds is 7. The van der Waals surface area contributed by atoms with Crippen LogP contribution >= 0.6 is 11.3 Å². The lowest BCUT2D eigenvalue weighted by Crippen LogP contribution is -2.41. The van der Waals surface area contributed by atoms with E-state index in [2.05, 4.69) is 14.4 Å². The van der Waals surface area contributed by atoms with Crippen LogP contribution in [0.1, 0.15) is 4.88 Å². The Kier molecular flexibility index (Phi) is 7.28. The SMILES string of the molecule is O=C(Cc1cnc(NS(=O)(=O)c2ccc(-c3ccc(OC(F)(F)F)cc3)cc2)s1)N1CCOCC1. The molecule has 1 amide bonds. The van der Waals surface area contributed by atoms with Crippen molar-refractivity contribution < 1.29 is 35.9 Å². The molecule has 4 rings (SSSR count). The molecule has 1 N–H and O–H groups in total. The normalized spacial score (nSPS) is 14.5. The molecule has 186 valence electrons. The van der Waals surface area contributed by atoms with Crippen LogP contribution in [0.3, 0.4) is 0 Å². The Hall–Kier alpha value is -3.16. The van der Waals surface area contributed by atoms with Crippen LogP contribution in [0.2, 0.25) is 0 Å². The Morgan fingerprint density at radius 3 is 2.26 bits per heavy atom. The van der Waals surface area contributed by atoms with Gasteiger partial charge in [-0.3, -0.25) is 9.52 Å². The summed E-state index contributed by atoms with van der Waals surface area (Å²) in [6.07, 6.45) is -3.18. The van der Waals surface area contributed by atoms with Crippen molar-refractivity contribution in [2.24, 2.45) is 0 Å². The number of thiazole rings is 1. The van der Waals surface area contributed by atoms with E-state index in [9.17, 15) is 26.4 Å². The maximum absolute atomic E-state index is 12.7. The second-order valence-corrected chi connectivity index (χ2v) is 10.3. The van der Waals surface area contributed by atoms with Gasteiger partial charge < -0.3 is 14.4 Å². The van der Waals surface area contributed by atoms with E-state index in [1.165, 1.54) is 42.6 Å². The van der Waals surface area contributed by atoms with Crippen LogP contribution in [0, 0.1) is 0 Å². The minimum atomic E-state index is -4.78. The standard InChI is InChI=1S/C22H20F3N3O5S2/c23-22(24,25)33-17-5-1-15(2-6-17)16-3-7-19(8-4-16)35(30,31)27-21-26-14-18(34-21)13-20(29)28-9-11-32-12-10-28/h1-8,14H,9-13H2,(H,26,27). The Labute approximate surface area is 203 Å². The lowest BCUT2D eigenvalue weighted by Gasteiger charge is -2.26. The third kappa shape index (κ3) is 6.71. The molecule has 0 aliphatic carbocycles. The molecule has 3 aromatic rings. The first kappa shape index (κ1) is 24.9. The monoisotopic (exact) mass is 527 g/mol. The fourth-order valence-electron chi connectivity index (χ4n) is 3.36. The van der Waals surface area contributed by atoms with E-state index in [1.54, 1.807) is 17.0 Å². The topological polar surface area (TPSA) is 97.8 Å². The molecule has 1 aliphatic rings. The van der Waals surface area contributed by atoms with Crippen LogP contribution in [0.5, 0.6) is 5.75 Å². The molecule has 8 nitrogen and oxygen atoms in total. The highest BCUT2D eigenvalue weighted by atomic mass is 32.2. The molecular formula is C22H20F3N3O5S2. The highest BCUT2D eigenvalue weighted by molar-refractivity contribution is 7.93. The zero-order chi connectivity index (χ0) is 25.1. The van der Waals surface area contributed by atoms with Gasteiger partial charge in [0.25, 0.3) is 10.0 Å². The molecule has 35 heavy (non-hydrogen) atoms. The summed E-state index contributed by atoms with van der Waals surface area (Å²) in [5, 5.41) is 0.138. The van der Waals surface area contributed by atoms with Crippen LogP contribution in [-0.2, 0) is 26.0 Å². The first-order valence-corrected chi connectivity index (χ1v) is 12.7. The predicted molar refractivity (Wildman–Crippen MR) is 123 cm³/mol. The second kappa shape index (κ2) is 10.2. The minimum absolute atomic E-state index is 0.0144. The number of nitrogens with zero attached hydrogens (tertiary/aromatic N) is 2. The number of hydrogen-bond acceptors (Lipinski definition) is 7. The number of hydrogen-bond donors (Lipinski definition) is 1. The third-order valence-electron chi connectivity index (χ3n) is 5.05. The Morgan fingerprint density at radius 2 is 1.66 bits per heavy atom. The summed E-state index contributed by atoms with van der Waals surface area (Å²) in [7, 11) is -3.93. The lowest BCUT2D eigenvalue weighted by atomic mass is 10.1. The summed E-state index contributed by atoms with van der Waals surface area (Å²) in [4.78, 5) is 18.7. The second-order valence-electron chi connectivity index (χ2n) is 7.50. The van der Waals surface area contributed by atoms with Crippen molar-refractivity contribution in [3.05, 3.63) is 59.6 Å². The number of sulfonamides is 1. The number of alkyl halides is 3. The van der Waals surface area contributed by atoms with Crippen molar-refractivity contribution in [3.63, 3.8) is 0 Å². The summed E-state index contributed by atoms with van der Waals surface area (Å²) in [5.41, 5.74) is 1.20. The maximum atomic E-state index is 12.7. The number of carbonyl (C=O) groups is 1. The molecular weight excluding hydrogens is 507 g/mol. The molecule has 0 bridgehead atoms. The number of nitrogens with one attached hydrogen (secondary N) is 1. The smallest absolute Gasteiger partial charge is 0.406 e. The molecule has 2 heterocycles. The first-order chi connectivity index (χ1) is 16.6. The van der Waals surface area contributed by atoms with Gasteiger partial charge in [0.1, 0.15) is 5.75 Å². The fraction of sp³-hybridized carbons (Fsp3) is 0.273. The van der Waals surface area contributed by atoms with E-state index in [4.69, 9.17) is 4.74 Å². The van der Waals surface area contributed by atoms with Gasteiger partial charge >= 0.3 is 6.36 Å². The highest BCUT2D eigenvalue weighted by Crippen LogP contribution is 2.28. The molecule has 1 aromatic heterocycles. The maximum Gasteiger partial charge on any atom is 0.573 e. The summed E-state index contributed by atoms with van der Waals surface area (Å²) in [6, 6.07) is 11.1. The van der Waals surface area contributed by atoms with Crippen molar-refractivity contribution in [2.75, 3.05) is 31.0 Å². The van der Waals surface area contributed by atoms with E-state index in [0.29, 0.717) is 42.3 Å². The number of ether oxygens (including phenoxy) is 2. The van der Waals surface area contributed by atoms with Crippen LogP contribution < -0.4 is 9.46 Å². The van der Waals surface area contributed by atoms with Crippen molar-refractivity contribution in [3.8, 4) is 16.9 Å². The Bertz CT molecular complexity index is 1270. The van der Waals surface area contributed by atoms with E-state index >= 15 is 0 Å². The van der Waals surface area contributed by atoms with E-state index in [-0.39, 0.29) is 28.1 Å². The molecule has 0 unspecified atom stereocenters. The Morgan fingerprint density at radius 1 is 1.06 bits per heavy atom. The number of carbonyl (C=O) groups excluding carboxylic acids is 1. The quantitative estimate of drug-likeness (QED) is 0.501. The van der Waals surface area contributed by atoms with Gasteiger partial charge in [-0.1, -0.05) is 24.3 Å². The van der Waals surface area contributed by atoms with Gasteiger partial charge in [-0.25, -0.2) is 13.4 Å². The molecule has 13 heteroatoms. The van der Waals surface area contributed by atoms with Crippen LogP contribution in [0.15, 0.2) is 59.6 Å². The van der Waals surface area contributed by atoms with Crippen molar-refractivity contribution in [1.82, 2.24) is 9.88 Å². The van der Waals surface area contributed by atoms with E-state index < -0.39 is 16.4 Å². The molecule has 0 saturated carbocycles. The number of morpholine rings is 1. The van der Waals surface area contributed by atoms with Gasteiger partial charge in [0, 0.05) is 24.2 Å². The van der Waals surface area contributed by atoms with Crippen molar-refractivity contribution in [2.45, 2.75) is 17.7 Å². The average Bonchev–Trinajstić information content (AvgIpc) is 3.25. The average molecular weight is 528 g/mol. The zero-order valence-electron chi connectivity index (χ0n) is 18.1. The molecule has 1 saturated heterocycles. The lowest BCUT2D eigenvalue weighted by molar-refractivity contribution is -0.274. The summed E-state index contributed by atoms with van der Waals surface area (Å²) in [6.45, 7) is 2.04. The molecule has 2 aromatic carbocycles. The largest absolute Gasteiger partial charge is 0.573 e. The molecule has 0 radical (unpaired) electrons. The minimum Gasteiger partial charge on any atom is -0.406 e. The van der Waals surface area contributed by atoms with Gasteiger partial charge in [-0.05, 0) is 35.4 Å². The number of halogens is 3. The molecule has 1 fully saturated rings. The van der Waals surface area contributed by atoms with Gasteiger partial charge in [0.05, 0.1) is 24.5 Å². The van der Waals surface area contributed by atoms with Crippen molar-refractivity contribution in [1.29, 1.82) is 0 Å². The summed E-state index contributed by atoms with van der Waals surface area (Å²) < 4.78 is 73.9. The number of amides is 1. The number of anilines is 1. The predicted octanol–water partition coefficient (Wildman–Crippen LogP) is 3.91. The molecule has 0 spiro atoms. The zero-order valence-corrected chi connectivity index (χ0v) is 19.8. The number of benzene rings is 2. The van der Waals surface area contributed by atoms with Gasteiger partial charge in [-0.15, -0.1) is 24.5 Å². The Balaban J connectivity index is 1.39. The van der Waals surface area contributed by atoms with Gasteiger partial charge in [-0.2, -0.15) is 0 Å². The van der Waals surface area contributed by atoms with Gasteiger partial charge in [0.2, 0.25) is 5.91 Å². The summed E-state index contributed by atoms with van der Waals surface area (Å²) >= 11 is 1.08. The fourth-order valence-corrected chi connectivity index (χ4v) is 5.40. The van der Waals surface area contributed by atoms with Crippen LogP contribution in [0.25, 0.3) is 11.1 Å². The highest BCUT2D eigenvalue weighted by Gasteiger charge is 2.31. The molecule has 0 atom stereocenters. The van der Waals surface area contributed by atoms with Crippen molar-refractivity contribution >= 4 is 32.4 Å². The van der Waals surface area contributed by atoms with Crippen LogP contribution in [0.4, 0.5) is 18.3 Å². The molecule has 1 aliphatic heterocycles. The van der Waals surface area contributed by atoms with E-state index in [1.807, 2.05) is 0 Å². The van der Waals surface area contributed by atoms with Crippen LogP contribution in [-0.4, -0.2) is 56.9 Å². The summed E-state index contributed by atoms with van der Waals surface area (Å²) in [5.74, 6) is -0.418.